The van der Waals surface area contributed by atoms with Crippen LogP contribution in [-0.4, -0.2) is 16.8 Å². The molecule has 1 aliphatic rings. The van der Waals surface area contributed by atoms with Crippen LogP contribution in [0, 0.1) is 6.92 Å². The van der Waals surface area contributed by atoms with E-state index in [1.54, 1.807) is 6.07 Å². The topological polar surface area (TPSA) is 62.0 Å². The first kappa shape index (κ1) is 14.0. The zero-order valence-electron chi connectivity index (χ0n) is 13.5. The van der Waals surface area contributed by atoms with Crippen LogP contribution in [0.5, 0.6) is 0 Å². The number of fused-ring (bicyclic) bond motifs is 4. The summed E-state index contributed by atoms with van der Waals surface area (Å²) >= 11 is 0. The van der Waals surface area contributed by atoms with Crippen LogP contribution in [0.3, 0.4) is 0 Å². The van der Waals surface area contributed by atoms with Crippen molar-refractivity contribution in [2.75, 3.05) is 0 Å². The fourth-order valence-electron chi connectivity index (χ4n) is 3.82. The summed E-state index contributed by atoms with van der Waals surface area (Å²) in [6, 6.07) is 18.0. The third-order valence-electron chi connectivity index (χ3n) is 5.00. The molecule has 2 heterocycles. The van der Waals surface area contributed by atoms with Gasteiger partial charge in [-0.2, -0.15) is 0 Å². The molecule has 2 N–H and O–H groups in total. The standard InChI is InChI=1S/C21H14N2O2/c1-11-12(9-10-16-18(11)21(25)23-20(16)24)14-6-4-7-15-13-5-2-3-8-17(13)22-19(14)15/h2-10,22H,1H3,(H,23,24,25). The SMILES string of the molecule is Cc1c(-c2cccc3c2[nH]c2ccccc23)ccc2c1C(=O)NC2=O. The summed E-state index contributed by atoms with van der Waals surface area (Å²) in [6.45, 7) is 1.90. The van der Waals surface area contributed by atoms with Gasteiger partial charge < -0.3 is 4.98 Å². The first-order valence-electron chi connectivity index (χ1n) is 8.14. The molecule has 1 aliphatic heterocycles. The molecule has 0 bridgehead atoms. The summed E-state index contributed by atoms with van der Waals surface area (Å²) in [7, 11) is 0. The van der Waals surface area contributed by atoms with Crippen LogP contribution >= 0.6 is 0 Å². The third kappa shape index (κ3) is 1.82. The highest BCUT2D eigenvalue weighted by atomic mass is 16.2. The Kier molecular flexibility index (Phi) is 2.69. The number of aromatic nitrogens is 1. The number of hydrogen-bond donors (Lipinski definition) is 2. The Balaban J connectivity index is 1.84. The van der Waals surface area contributed by atoms with Gasteiger partial charge in [-0.25, -0.2) is 0 Å². The first-order valence-corrected chi connectivity index (χ1v) is 8.14. The summed E-state index contributed by atoms with van der Waals surface area (Å²) < 4.78 is 0. The van der Waals surface area contributed by atoms with E-state index >= 15 is 0 Å². The van der Waals surface area contributed by atoms with Crippen molar-refractivity contribution >= 4 is 33.6 Å². The van der Waals surface area contributed by atoms with Gasteiger partial charge in [-0.3, -0.25) is 14.9 Å². The van der Waals surface area contributed by atoms with Crippen molar-refractivity contribution in [2.24, 2.45) is 0 Å². The van der Waals surface area contributed by atoms with Crippen LogP contribution in [0.4, 0.5) is 0 Å². The lowest BCUT2D eigenvalue weighted by Gasteiger charge is -2.10. The van der Waals surface area contributed by atoms with E-state index in [-0.39, 0.29) is 11.8 Å². The molecule has 2 amide bonds. The zero-order valence-corrected chi connectivity index (χ0v) is 13.5. The molecule has 0 spiro atoms. The van der Waals surface area contributed by atoms with E-state index in [0.29, 0.717) is 11.1 Å². The first-order chi connectivity index (χ1) is 12.1. The fourth-order valence-corrected chi connectivity index (χ4v) is 3.82. The van der Waals surface area contributed by atoms with Crippen molar-refractivity contribution in [1.82, 2.24) is 10.3 Å². The predicted molar refractivity (Wildman–Crippen MR) is 97.8 cm³/mol. The second-order valence-corrected chi connectivity index (χ2v) is 6.34. The van der Waals surface area contributed by atoms with Gasteiger partial charge in [0.05, 0.1) is 16.6 Å². The summed E-state index contributed by atoms with van der Waals surface area (Å²) in [6.07, 6.45) is 0. The summed E-state index contributed by atoms with van der Waals surface area (Å²) in [5, 5.41) is 4.69. The van der Waals surface area contributed by atoms with Crippen molar-refractivity contribution < 1.29 is 9.59 Å². The van der Waals surface area contributed by atoms with E-state index in [1.165, 1.54) is 5.39 Å². The number of para-hydroxylation sites is 2. The molecular formula is C21H14N2O2. The van der Waals surface area contributed by atoms with Crippen LogP contribution in [-0.2, 0) is 0 Å². The van der Waals surface area contributed by atoms with Gasteiger partial charge in [0, 0.05) is 21.9 Å². The lowest BCUT2D eigenvalue weighted by molar-refractivity contribution is 0.0879. The number of benzene rings is 3. The molecule has 0 saturated heterocycles. The van der Waals surface area contributed by atoms with E-state index < -0.39 is 0 Å². The van der Waals surface area contributed by atoms with Crippen molar-refractivity contribution in [3.8, 4) is 11.1 Å². The Hall–Kier alpha value is -3.40. The minimum Gasteiger partial charge on any atom is -0.354 e. The van der Waals surface area contributed by atoms with Crippen molar-refractivity contribution in [2.45, 2.75) is 6.92 Å². The van der Waals surface area contributed by atoms with Gasteiger partial charge in [0.15, 0.2) is 0 Å². The highest BCUT2D eigenvalue weighted by molar-refractivity contribution is 6.23. The molecule has 4 aromatic rings. The Labute approximate surface area is 143 Å². The van der Waals surface area contributed by atoms with Gasteiger partial charge in [-0.1, -0.05) is 42.5 Å². The molecule has 0 radical (unpaired) electrons. The lowest BCUT2D eigenvalue weighted by atomic mass is 9.92. The molecule has 25 heavy (non-hydrogen) atoms. The molecule has 0 saturated carbocycles. The highest BCUT2D eigenvalue weighted by Crippen LogP contribution is 2.36. The smallest absolute Gasteiger partial charge is 0.259 e. The maximum Gasteiger partial charge on any atom is 0.259 e. The summed E-state index contributed by atoms with van der Waals surface area (Å²) in [5.41, 5.74) is 5.87. The van der Waals surface area contributed by atoms with Crippen molar-refractivity contribution in [1.29, 1.82) is 0 Å². The number of rotatable bonds is 1. The van der Waals surface area contributed by atoms with Gasteiger partial charge in [0.25, 0.3) is 11.8 Å². The Morgan fingerprint density at radius 1 is 0.720 bits per heavy atom. The largest absolute Gasteiger partial charge is 0.354 e. The second-order valence-electron chi connectivity index (χ2n) is 6.34. The quantitative estimate of drug-likeness (QED) is 0.515. The highest BCUT2D eigenvalue weighted by Gasteiger charge is 2.29. The van der Waals surface area contributed by atoms with Crippen LogP contribution in [0.25, 0.3) is 32.9 Å². The minimum absolute atomic E-state index is 0.317. The molecule has 0 unspecified atom stereocenters. The number of amides is 2. The molecule has 0 atom stereocenters. The van der Waals surface area contributed by atoms with Crippen LogP contribution < -0.4 is 5.32 Å². The molecule has 3 aromatic carbocycles. The van der Waals surface area contributed by atoms with E-state index in [0.717, 1.165) is 33.1 Å². The number of aromatic amines is 1. The van der Waals surface area contributed by atoms with Gasteiger partial charge in [-0.15, -0.1) is 0 Å². The van der Waals surface area contributed by atoms with Crippen LogP contribution in [0.15, 0.2) is 54.6 Å². The van der Waals surface area contributed by atoms with Gasteiger partial charge in [-0.05, 0) is 30.2 Å². The Morgan fingerprint density at radius 2 is 1.48 bits per heavy atom. The average molecular weight is 326 g/mol. The van der Waals surface area contributed by atoms with E-state index in [1.807, 2.05) is 37.3 Å². The second kappa shape index (κ2) is 4.80. The van der Waals surface area contributed by atoms with Gasteiger partial charge >= 0.3 is 0 Å². The molecule has 5 rings (SSSR count). The summed E-state index contributed by atoms with van der Waals surface area (Å²) in [4.78, 5) is 27.5. The van der Waals surface area contributed by atoms with Gasteiger partial charge in [0.1, 0.15) is 0 Å². The Bertz CT molecular complexity index is 1220. The normalized spacial score (nSPS) is 13.5. The number of nitrogens with one attached hydrogen (secondary N) is 2. The molecule has 0 fully saturated rings. The van der Waals surface area contributed by atoms with E-state index in [2.05, 4.69) is 28.5 Å². The molecule has 1 aromatic heterocycles. The number of carbonyl (C=O) groups is 2. The molecule has 4 heteroatoms. The number of H-pyrrole nitrogens is 1. The molecule has 0 aliphatic carbocycles. The van der Waals surface area contributed by atoms with E-state index in [9.17, 15) is 9.59 Å². The van der Waals surface area contributed by atoms with Crippen LogP contribution in [0.2, 0.25) is 0 Å². The number of imide groups is 1. The van der Waals surface area contributed by atoms with Crippen LogP contribution in [0.1, 0.15) is 26.3 Å². The summed E-state index contributed by atoms with van der Waals surface area (Å²) in [5.74, 6) is -0.637. The lowest BCUT2D eigenvalue weighted by Crippen LogP contribution is -2.20. The average Bonchev–Trinajstić information content (AvgIpc) is 3.13. The number of hydrogen-bond acceptors (Lipinski definition) is 2. The fraction of sp³-hybridized carbons (Fsp3) is 0.0476. The number of carbonyl (C=O) groups excluding carboxylic acids is 2. The monoisotopic (exact) mass is 326 g/mol. The molecule has 120 valence electrons. The zero-order chi connectivity index (χ0) is 17.1. The predicted octanol–water partition coefficient (Wildman–Crippen LogP) is 4.18. The maximum atomic E-state index is 12.1. The van der Waals surface area contributed by atoms with E-state index in [4.69, 9.17) is 0 Å². The van der Waals surface area contributed by atoms with Crippen molar-refractivity contribution in [3.05, 3.63) is 71.3 Å². The molecular weight excluding hydrogens is 312 g/mol. The minimum atomic E-state index is -0.321. The Morgan fingerprint density at radius 3 is 2.36 bits per heavy atom. The van der Waals surface area contributed by atoms with Crippen molar-refractivity contribution in [3.63, 3.8) is 0 Å². The maximum absolute atomic E-state index is 12.1. The molecule has 4 nitrogen and oxygen atoms in total. The third-order valence-corrected chi connectivity index (χ3v) is 5.00. The van der Waals surface area contributed by atoms with Gasteiger partial charge in [0.2, 0.25) is 0 Å².